The van der Waals surface area contributed by atoms with Crippen LogP contribution in [0.3, 0.4) is 0 Å². The molecule has 1 unspecified atom stereocenters. The topological polar surface area (TPSA) is 3.24 Å². The summed E-state index contributed by atoms with van der Waals surface area (Å²) in [5.74, 6) is 0. The van der Waals surface area contributed by atoms with E-state index in [1.165, 1.54) is 0 Å². The van der Waals surface area contributed by atoms with Gasteiger partial charge in [-0.15, -0.1) is 0 Å². The van der Waals surface area contributed by atoms with Crippen LogP contribution >= 0.6 is 15.9 Å². The van der Waals surface area contributed by atoms with Crippen LogP contribution < -0.4 is 0 Å². The summed E-state index contributed by atoms with van der Waals surface area (Å²) in [4.78, 5) is 1.89. The lowest BCUT2D eigenvalue weighted by Gasteiger charge is -2.32. The SMILES string of the molecule is CC.FC(F)(F)C1(c2ccc(Br)cc2)CCN(Cc2ccccc2)C1. The van der Waals surface area contributed by atoms with Crippen LogP contribution in [0.15, 0.2) is 59.1 Å². The molecule has 0 N–H and O–H groups in total. The highest BCUT2D eigenvalue weighted by atomic mass is 79.9. The lowest BCUT2D eigenvalue weighted by molar-refractivity contribution is -0.187. The lowest BCUT2D eigenvalue weighted by Crippen LogP contribution is -2.44. The molecule has 2 aromatic carbocycles. The van der Waals surface area contributed by atoms with E-state index in [0.29, 0.717) is 18.7 Å². The second-order valence-electron chi connectivity index (χ2n) is 6.03. The van der Waals surface area contributed by atoms with Crippen molar-refractivity contribution in [3.8, 4) is 0 Å². The molecule has 3 rings (SSSR count). The Labute approximate surface area is 156 Å². The maximum Gasteiger partial charge on any atom is 0.399 e. The molecule has 1 saturated heterocycles. The zero-order chi connectivity index (χ0) is 18.5. The predicted molar refractivity (Wildman–Crippen MR) is 99.6 cm³/mol. The van der Waals surface area contributed by atoms with Gasteiger partial charge in [0.2, 0.25) is 0 Å². The molecule has 0 bridgehead atoms. The standard InChI is InChI=1S/C18H17BrF3N.C2H6/c19-16-8-6-15(7-9-16)17(18(20,21)22)10-11-23(13-17)12-14-4-2-1-3-5-14;1-2/h1-9H,10-13H2;1-2H3. The van der Waals surface area contributed by atoms with Gasteiger partial charge >= 0.3 is 6.18 Å². The van der Waals surface area contributed by atoms with Gasteiger partial charge in [-0.25, -0.2) is 0 Å². The second kappa shape index (κ2) is 8.37. The van der Waals surface area contributed by atoms with Crippen molar-refractivity contribution in [2.75, 3.05) is 13.1 Å². The fourth-order valence-electron chi connectivity index (χ4n) is 3.26. The Bertz CT molecular complexity index is 655. The van der Waals surface area contributed by atoms with Crippen LogP contribution in [0.2, 0.25) is 0 Å². The number of hydrogen-bond acceptors (Lipinski definition) is 1. The van der Waals surface area contributed by atoms with Crippen molar-refractivity contribution in [1.82, 2.24) is 4.90 Å². The number of nitrogens with zero attached hydrogens (tertiary/aromatic N) is 1. The van der Waals surface area contributed by atoms with E-state index in [-0.39, 0.29) is 13.0 Å². The molecular weight excluding hydrogens is 391 g/mol. The van der Waals surface area contributed by atoms with E-state index in [0.717, 1.165) is 10.0 Å². The predicted octanol–water partition coefficient (Wildman–Crippen LogP) is 6.18. The highest BCUT2D eigenvalue weighted by Crippen LogP contribution is 2.48. The smallest absolute Gasteiger partial charge is 0.298 e. The summed E-state index contributed by atoms with van der Waals surface area (Å²) in [6.45, 7) is 5.01. The number of hydrogen-bond donors (Lipinski definition) is 0. The van der Waals surface area contributed by atoms with Gasteiger partial charge in [0.25, 0.3) is 0 Å². The Hall–Kier alpha value is -1.33. The number of likely N-dealkylation sites (tertiary alicyclic amines) is 1. The minimum Gasteiger partial charge on any atom is -0.298 e. The summed E-state index contributed by atoms with van der Waals surface area (Å²) in [6.07, 6.45) is -4.16. The van der Waals surface area contributed by atoms with Gasteiger partial charge in [0.05, 0.1) is 0 Å². The first-order chi connectivity index (χ1) is 11.9. The molecule has 25 heavy (non-hydrogen) atoms. The summed E-state index contributed by atoms with van der Waals surface area (Å²) in [5.41, 5.74) is -0.382. The van der Waals surface area contributed by atoms with Crippen molar-refractivity contribution in [2.45, 2.75) is 38.4 Å². The van der Waals surface area contributed by atoms with E-state index in [1.54, 1.807) is 24.3 Å². The largest absolute Gasteiger partial charge is 0.399 e. The van der Waals surface area contributed by atoms with E-state index in [4.69, 9.17) is 0 Å². The average molecular weight is 414 g/mol. The molecule has 0 aliphatic carbocycles. The highest BCUT2D eigenvalue weighted by molar-refractivity contribution is 9.10. The van der Waals surface area contributed by atoms with Gasteiger partial charge in [0.15, 0.2) is 0 Å². The summed E-state index contributed by atoms with van der Waals surface area (Å²) < 4.78 is 42.4. The fourth-order valence-corrected chi connectivity index (χ4v) is 3.53. The number of alkyl halides is 3. The quantitative estimate of drug-likeness (QED) is 0.580. The van der Waals surface area contributed by atoms with E-state index in [2.05, 4.69) is 15.9 Å². The van der Waals surface area contributed by atoms with E-state index in [9.17, 15) is 13.2 Å². The zero-order valence-electron chi connectivity index (χ0n) is 14.5. The zero-order valence-corrected chi connectivity index (χ0v) is 16.1. The number of rotatable bonds is 3. The summed E-state index contributed by atoms with van der Waals surface area (Å²) in [6, 6.07) is 16.2. The maximum atomic E-state index is 13.9. The molecule has 0 amide bonds. The Balaban J connectivity index is 0.00000109. The molecule has 0 aromatic heterocycles. The van der Waals surface area contributed by atoms with Crippen LogP contribution in [-0.4, -0.2) is 24.2 Å². The van der Waals surface area contributed by atoms with E-state index >= 15 is 0 Å². The minimum absolute atomic E-state index is 0.00697. The molecule has 2 aromatic rings. The Morgan fingerprint density at radius 3 is 2.16 bits per heavy atom. The first-order valence-corrected chi connectivity index (χ1v) is 9.29. The maximum absolute atomic E-state index is 13.9. The summed E-state index contributed by atoms with van der Waals surface area (Å²) in [7, 11) is 0. The van der Waals surface area contributed by atoms with Gasteiger partial charge in [-0.1, -0.05) is 72.2 Å². The first kappa shape index (κ1) is 20.0. The molecule has 0 spiro atoms. The Kier molecular flexibility index (Phi) is 6.69. The molecule has 1 aliphatic rings. The van der Waals surface area contributed by atoms with Crippen LogP contribution in [0, 0.1) is 0 Å². The summed E-state index contributed by atoms with van der Waals surface area (Å²) in [5, 5.41) is 0. The van der Waals surface area contributed by atoms with Gasteiger partial charge in [-0.2, -0.15) is 13.2 Å². The molecule has 1 atom stereocenters. The third-order valence-corrected chi connectivity index (χ3v) is 5.07. The van der Waals surface area contributed by atoms with Gasteiger partial charge in [0.1, 0.15) is 5.41 Å². The van der Waals surface area contributed by atoms with Crippen molar-refractivity contribution < 1.29 is 13.2 Å². The molecule has 5 heteroatoms. The lowest BCUT2D eigenvalue weighted by atomic mass is 9.79. The first-order valence-electron chi connectivity index (χ1n) is 8.50. The molecule has 0 radical (unpaired) electrons. The highest BCUT2D eigenvalue weighted by Gasteiger charge is 2.58. The minimum atomic E-state index is -4.26. The molecule has 1 aliphatic heterocycles. The van der Waals surface area contributed by atoms with E-state index in [1.807, 2.05) is 49.1 Å². The molecule has 1 nitrogen and oxygen atoms in total. The third kappa shape index (κ3) is 4.45. The van der Waals surface area contributed by atoms with Crippen molar-refractivity contribution in [3.63, 3.8) is 0 Å². The third-order valence-electron chi connectivity index (χ3n) is 4.54. The van der Waals surface area contributed by atoms with Gasteiger partial charge in [-0.05, 0) is 36.2 Å². The van der Waals surface area contributed by atoms with Crippen LogP contribution in [0.5, 0.6) is 0 Å². The number of halogens is 4. The molecule has 1 fully saturated rings. The van der Waals surface area contributed by atoms with Crippen LogP contribution in [-0.2, 0) is 12.0 Å². The normalized spacial score (nSPS) is 20.9. The Morgan fingerprint density at radius 2 is 1.60 bits per heavy atom. The second-order valence-corrected chi connectivity index (χ2v) is 6.95. The average Bonchev–Trinajstić information content (AvgIpc) is 3.03. The van der Waals surface area contributed by atoms with Gasteiger partial charge in [-0.3, -0.25) is 4.90 Å². The van der Waals surface area contributed by atoms with Crippen molar-refractivity contribution >= 4 is 15.9 Å². The molecule has 1 heterocycles. The molecular formula is C20H23BrF3N. The van der Waals surface area contributed by atoms with Crippen LogP contribution in [0.1, 0.15) is 31.4 Å². The van der Waals surface area contributed by atoms with Crippen LogP contribution in [0.25, 0.3) is 0 Å². The van der Waals surface area contributed by atoms with Crippen molar-refractivity contribution in [2.24, 2.45) is 0 Å². The Morgan fingerprint density at radius 1 is 1.00 bits per heavy atom. The fraction of sp³-hybridized carbons (Fsp3) is 0.400. The number of benzene rings is 2. The van der Waals surface area contributed by atoms with Crippen molar-refractivity contribution in [1.29, 1.82) is 0 Å². The van der Waals surface area contributed by atoms with Crippen molar-refractivity contribution in [3.05, 3.63) is 70.2 Å². The monoisotopic (exact) mass is 413 g/mol. The molecule has 0 saturated carbocycles. The van der Waals surface area contributed by atoms with Gasteiger partial charge < -0.3 is 0 Å². The van der Waals surface area contributed by atoms with E-state index < -0.39 is 11.6 Å². The molecule has 136 valence electrons. The van der Waals surface area contributed by atoms with Gasteiger partial charge in [0, 0.05) is 17.6 Å². The van der Waals surface area contributed by atoms with Crippen LogP contribution in [0.4, 0.5) is 13.2 Å². The summed E-state index contributed by atoms with van der Waals surface area (Å²) >= 11 is 3.29.